The largest absolute Gasteiger partial charge is 0.493 e. The fourth-order valence-electron chi connectivity index (χ4n) is 2.23. The van der Waals surface area contributed by atoms with Gasteiger partial charge in [0.05, 0.1) is 19.6 Å². The Bertz CT molecular complexity index is 867. The monoisotopic (exact) mass is 290 g/mol. The Labute approximate surface area is 119 Å². The van der Waals surface area contributed by atoms with E-state index in [4.69, 9.17) is 25.5 Å². The summed E-state index contributed by atoms with van der Waals surface area (Å²) >= 11 is 6.02. The van der Waals surface area contributed by atoms with Gasteiger partial charge in [-0.25, -0.2) is 4.79 Å². The fraction of sp³-hybridized carbons (Fsp3) is 0.133. The Hall–Kier alpha value is -2.20. The van der Waals surface area contributed by atoms with Crippen molar-refractivity contribution in [2.75, 3.05) is 14.2 Å². The van der Waals surface area contributed by atoms with Crippen LogP contribution in [0.4, 0.5) is 0 Å². The van der Waals surface area contributed by atoms with E-state index in [-0.39, 0.29) is 0 Å². The Balaban J connectivity index is 2.53. The van der Waals surface area contributed by atoms with Gasteiger partial charge in [-0.2, -0.15) is 0 Å². The third-order valence-electron chi connectivity index (χ3n) is 3.18. The second-order valence-electron chi connectivity index (χ2n) is 4.28. The maximum Gasteiger partial charge on any atom is 0.344 e. The van der Waals surface area contributed by atoms with E-state index in [0.29, 0.717) is 27.5 Å². The van der Waals surface area contributed by atoms with Crippen LogP contribution in [0.2, 0.25) is 5.02 Å². The van der Waals surface area contributed by atoms with E-state index >= 15 is 0 Å². The summed E-state index contributed by atoms with van der Waals surface area (Å²) in [6.07, 6.45) is 0. The van der Waals surface area contributed by atoms with Crippen LogP contribution in [0.1, 0.15) is 0 Å². The molecule has 0 aliphatic heterocycles. The highest BCUT2D eigenvalue weighted by atomic mass is 35.5. The lowest BCUT2D eigenvalue weighted by Crippen LogP contribution is -2.01. The molecule has 0 saturated carbocycles. The van der Waals surface area contributed by atoms with Crippen LogP contribution >= 0.6 is 11.6 Å². The van der Waals surface area contributed by atoms with Gasteiger partial charge in [-0.15, -0.1) is 0 Å². The molecule has 0 aliphatic carbocycles. The maximum absolute atomic E-state index is 12.0. The molecular weight excluding hydrogens is 280 g/mol. The van der Waals surface area contributed by atoms with Crippen LogP contribution in [0.3, 0.4) is 0 Å². The first-order chi connectivity index (χ1) is 9.63. The minimum Gasteiger partial charge on any atom is -0.493 e. The van der Waals surface area contributed by atoms with Gasteiger partial charge in [0.1, 0.15) is 5.58 Å². The van der Waals surface area contributed by atoms with Crippen molar-refractivity contribution < 1.29 is 13.9 Å². The molecule has 0 N–H and O–H groups in total. The van der Waals surface area contributed by atoms with Crippen molar-refractivity contribution in [3.63, 3.8) is 0 Å². The molecule has 0 bridgehead atoms. The number of hydrogen-bond donors (Lipinski definition) is 0. The predicted octanol–water partition coefficient (Wildman–Crippen LogP) is 3.62. The van der Waals surface area contributed by atoms with Crippen molar-refractivity contribution in [2.45, 2.75) is 0 Å². The van der Waals surface area contributed by atoms with Crippen LogP contribution in [0.5, 0.6) is 11.5 Å². The van der Waals surface area contributed by atoms with E-state index in [2.05, 4.69) is 0 Å². The topological polar surface area (TPSA) is 48.7 Å². The van der Waals surface area contributed by atoms with Crippen molar-refractivity contribution in [3.05, 3.63) is 45.8 Å². The molecule has 0 fully saturated rings. The van der Waals surface area contributed by atoms with E-state index < -0.39 is 5.63 Å². The van der Waals surface area contributed by atoms with Gasteiger partial charge < -0.3 is 13.9 Å². The third kappa shape index (κ3) is 1.89. The molecule has 5 heteroatoms. The Morgan fingerprint density at radius 1 is 0.950 bits per heavy atom. The molecule has 0 radical (unpaired) electrons. The third-order valence-corrected chi connectivity index (χ3v) is 3.41. The van der Waals surface area contributed by atoms with Crippen LogP contribution in [0.25, 0.3) is 21.7 Å². The first-order valence-corrected chi connectivity index (χ1v) is 6.30. The molecular formula is C15H11ClO4. The fourth-order valence-corrected chi connectivity index (χ4v) is 2.40. The van der Waals surface area contributed by atoms with Gasteiger partial charge in [-0.1, -0.05) is 11.6 Å². The molecule has 1 heterocycles. The average molecular weight is 291 g/mol. The van der Waals surface area contributed by atoms with Gasteiger partial charge in [-0.05, 0) is 30.3 Å². The Morgan fingerprint density at radius 3 is 2.25 bits per heavy atom. The van der Waals surface area contributed by atoms with Gasteiger partial charge in [0.2, 0.25) is 0 Å². The number of halogens is 1. The molecule has 0 saturated heterocycles. The van der Waals surface area contributed by atoms with Crippen LogP contribution in [0, 0.1) is 0 Å². The summed E-state index contributed by atoms with van der Waals surface area (Å²) in [5.41, 5.74) is 0.0647. The van der Waals surface area contributed by atoms with Crippen molar-refractivity contribution in [2.24, 2.45) is 0 Å². The van der Waals surface area contributed by atoms with Crippen molar-refractivity contribution in [1.82, 2.24) is 0 Å². The number of fused-ring (bicyclic) bond motifs is 3. The predicted molar refractivity (Wildman–Crippen MR) is 78.1 cm³/mol. The molecule has 3 rings (SSSR count). The second kappa shape index (κ2) is 4.72. The zero-order valence-electron chi connectivity index (χ0n) is 10.9. The van der Waals surface area contributed by atoms with Gasteiger partial charge in [0, 0.05) is 15.8 Å². The number of methoxy groups -OCH3 is 2. The lowest BCUT2D eigenvalue weighted by Gasteiger charge is -2.10. The number of rotatable bonds is 2. The summed E-state index contributed by atoms with van der Waals surface area (Å²) in [4.78, 5) is 12.0. The normalized spacial score (nSPS) is 10.9. The van der Waals surface area contributed by atoms with Crippen LogP contribution in [0.15, 0.2) is 39.5 Å². The van der Waals surface area contributed by atoms with Crippen molar-refractivity contribution >= 4 is 33.3 Å². The lowest BCUT2D eigenvalue weighted by molar-refractivity contribution is 0.355. The van der Waals surface area contributed by atoms with Crippen molar-refractivity contribution in [3.8, 4) is 11.5 Å². The molecule has 20 heavy (non-hydrogen) atoms. The summed E-state index contributed by atoms with van der Waals surface area (Å²) in [5.74, 6) is 1.03. The summed E-state index contributed by atoms with van der Waals surface area (Å²) < 4.78 is 15.8. The Kier molecular flexibility index (Phi) is 3.03. The van der Waals surface area contributed by atoms with E-state index in [1.165, 1.54) is 7.11 Å². The zero-order valence-corrected chi connectivity index (χ0v) is 11.7. The molecule has 0 spiro atoms. The minimum atomic E-state index is -0.421. The molecule has 0 amide bonds. The molecule has 4 nitrogen and oxygen atoms in total. The second-order valence-corrected chi connectivity index (χ2v) is 4.72. The van der Waals surface area contributed by atoms with Gasteiger partial charge in [0.25, 0.3) is 0 Å². The van der Waals surface area contributed by atoms with Gasteiger partial charge in [0.15, 0.2) is 11.5 Å². The number of ether oxygens (including phenoxy) is 2. The highest BCUT2D eigenvalue weighted by Gasteiger charge is 2.13. The molecule has 3 aromatic rings. The average Bonchev–Trinajstić information content (AvgIpc) is 2.47. The summed E-state index contributed by atoms with van der Waals surface area (Å²) in [7, 11) is 3.06. The van der Waals surface area contributed by atoms with Gasteiger partial charge >= 0.3 is 5.63 Å². The maximum atomic E-state index is 12.0. The molecule has 1 aromatic heterocycles. The minimum absolute atomic E-state index is 0.421. The number of hydrogen-bond acceptors (Lipinski definition) is 4. The zero-order chi connectivity index (χ0) is 14.3. The van der Waals surface area contributed by atoms with Gasteiger partial charge in [-0.3, -0.25) is 0 Å². The molecule has 102 valence electrons. The first kappa shape index (κ1) is 12.8. The van der Waals surface area contributed by atoms with Crippen LogP contribution < -0.4 is 15.1 Å². The summed E-state index contributed by atoms with van der Waals surface area (Å²) in [6, 6.07) is 8.48. The quantitative estimate of drug-likeness (QED) is 0.534. The highest BCUT2D eigenvalue weighted by Crippen LogP contribution is 2.34. The SMILES string of the molecule is COc1cc2c(=O)oc3ccc(Cl)cc3c2cc1OC. The highest BCUT2D eigenvalue weighted by molar-refractivity contribution is 6.31. The standard InChI is InChI=1S/C15H11ClO4/c1-18-13-6-9-10-5-8(16)3-4-12(10)20-15(17)11(9)7-14(13)19-2/h3-7H,1-2H3. The summed E-state index contributed by atoms with van der Waals surface area (Å²) in [5, 5.41) is 2.48. The van der Waals surface area contributed by atoms with Crippen LogP contribution in [-0.4, -0.2) is 14.2 Å². The molecule has 0 atom stereocenters. The molecule has 0 unspecified atom stereocenters. The summed E-state index contributed by atoms with van der Waals surface area (Å²) in [6.45, 7) is 0. The smallest absolute Gasteiger partial charge is 0.344 e. The lowest BCUT2D eigenvalue weighted by atomic mass is 10.1. The molecule has 0 aliphatic rings. The van der Waals surface area contributed by atoms with Crippen LogP contribution in [-0.2, 0) is 0 Å². The van der Waals surface area contributed by atoms with E-state index in [1.54, 1.807) is 37.4 Å². The van der Waals surface area contributed by atoms with Crippen molar-refractivity contribution in [1.29, 1.82) is 0 Å². The Morgan fingerprint density at radius 2 is 1.60 bits per heavy atom. The molecule has 2 aromatic carbocycles. The van der Waals surface area contributed by atoms with E-state index in [1.807, 2.05) is 0 Å². The van der Waals surface area contributed by atoms with E-state index in [0.717, 1.165) is 10.8 Å². The first-order valence-electron chi connectivity index (χ1n) is 5.92. The number of benzene rings is 2. The van der Waals surface area contributed by atoms with E-state index in [9.17, 15) is 4.79 Å².